The van der Waals surface area contributed by atoms with Crippen molar-refractivity contribution < 1.29 is 14.3 Å². The van der Waals surface area contributed by atoms with Crippen molar-refractivity contribution in [3.05, 3.63) is 0 Å². The maximum absolute atomic E-state index is 11.4. The highest BCUT2D eigenvalue weighted by Gasteiger charge is 2.27. The standard InChI is InChI=1S/C8H14N2O3/c11-7(6-2-1-3-9-6)13-8-10-4-5-12-8/h6,8-10H,1-5H2/t6-,8?/m0/s1. The molecule has 1 unspecified atom stereocenters. The van der Waals surface area contributed by atoms with E-state index in [2.05, 4.69) is 10.6 Å². The van der Waals surface area contributed by atoms with E-state index in [0.29, 0.717) is 6.61 Å². The summed E-state index contributed by atoms with van der Waals surface area (Å²) in [6.07, 6.45) is 1.37. The lowest BCUT2D eigenvalue weighted by molar-refractivity contribution is -0.175. The number of carbonyl (C=O) groups excluding carboxylic acids is 1. The van der Waals surface area contributed by atoms with Crippen LogP contribution in [-0.4, -0.2) is 38.1 Å². The summed E-state index contributed by atoms with van der Waals surface area (Å²) in [6.45, 7) is 2.25. The third-order valence-electron chi connectivity index (χ3n) is 2.25. The molecule has 74 valence electrons. The van der Waals surface area contributed by atoms with Crippen molar-refractivity contribution in [3.63, 3.8) is 0 Å². The van der Waals surface area contributed by atoms with Gasteiger partial charge in [0.2, 0.25) is 0 Å². The van der Waals surface area contributed by atoms with E-state index >= 15 is 0 Å². The Bertz CT molecular complexity index is 186. The molecule has 0 amide bonds. The average molecular weight is 186 g/mol. The normalized spacial score (nSPS) is 33.5. The predicted molar refractivity (Wildman–Crippen MR) is 44.9 cm³/mol. The fourth-order valence-electron chi connectivity index (χ4n) is 1.55. The van der Waals surface area contributed by atoms with Crippen LogP contribution in [0.25, 0.3) is 0 Å². The van der Waals surface area contributed by atoms with Crippen molar-refractivity contribution >= 4 is 5.97 Å². The van der Waals surface area contributed by atoms with E-state index in [1.807, 2.05) is 0 Å². The lowest BCUT2D eigenvalue weighted by Gasteiger charge is -2.14. The van der Waals surface area contributed by atoms with Crippen LogP contribution in [0.1, 0.15) is 12.8 Å². The van der Waals surface area contributed by atoms with Gasteiger partial charge >= 0.3 is 5.97 Å². The van der Waals surface area contributed by atoms with Gasteiger partial charge in [-0.2, -0.15) is 0 Å². The van der Waals surface area contributed by atoms with Gasteiger partial charge < -0.3 is 14.8 Å². The highest BCUT2D eigenvalue weighted by atomic mass is 16.7. The molecular formula is C8H14N2O3. The Hall–Kier alpha value is -0.650. The average Bonchev–Trinajstić information content (AvgIpc) is 2.74. The van der Waals surface area contributed by atoms with E-state index in [9.17, 15) is 4.79 Å². The van der Waals surface area contributed by atoms with E-state index in [0.717, 1.165) is 25.9 Å². The minimum absolute atomic E-state index is 0.133. The van der Waals surface area contributed by atoms with E-state index in [4.69, 9.17) is 9.47 Å². The molecule has 2 fully saturated rings. The first-order valence-corrected chi connectivity index (χ1v) is 4.65. The lowest BCUT2D eigenvalue weighted by Crippen LogP contribution is -2.38. The van der Waals surface area contributed by atoms with Crippen LogP contribution in [-0.2, 0) is 14.3 Å². The zero-order valence-electron chi connectivity index (χ0n) is 7.41. The van der Waals surface area contributed by atoms with Crippen molar-refractivity contribution in [2.24, 2.45) is 0 Å². The summed E-state index contributed by atoms with van der Waals surface area (Å²) in [5.41, 5.74) is 0. The molecule has 0 aliphatic carbocycles. The zero-order chi connectivity index (χ0) is 9.10. The lowest BCUT2D eigenvalue weighted by atomic mass is 10.2. The second kappa shape index (κ2) is 4.04. The second-order valence-electron chi connectivity index (χ2n) is 3.24. The summed E-state index contributed by atoms with van der Waals surface area (Å²) in [5.74, 6) is -0.211. The summed E-state index contributed by atoms with van der Waals surface area (Å²) in [6, 6.07) is -0.133. The first-order chi connectivity index (χ1) is 6.36. The van der Waals surface area contributed by atoms with Crippen LogP contribution in [0.5, 0.6) is 0 Å². The maximum atomic E-state index is 11.4. The minimum atomic E-state index is -0.533. The molecule has 5 heteroatoms. The fourth-order valence-corrected chi connectivity index (χ4v) is 1.55. The number of hydrogen-bond donors (Lipinski definition) is 2. The van der Waals surface area contributed by atoms with Gasteiger partial charge in [-0.05, 0) is 19.4 Å². The topological polar surface area (TPSA) is 59.6 Å². The summed E-state index contributed by atoms with van der Waals surface area (Å²) in [4.78, 5) is 11.4. The highest BCUT2D eigenvalue weighted by molar-refractivity contribution is 5.76. The van der Waals surface area contributed by atoms with Gasteiger partial charge in [0.1, 0.15) is 6.04 Å². The molecule has 2 N–H and O–H groups in total. The highest BCUT2D eigenvalue weighted by Crippen LogP contribution is 2.08. The van der Waals surface area contributed by atoms with E-state index < -0.39 is 6.41 Å². The third kappa shape index (κ3) is 2.18. The Morgan fingerprint density at radius 1 is 1.38 bits per heavy atom. The van der Waals surface area contributed by atoms with Crippen molar-refractivity contribution in [2.75, 3.05) is 19.7 Å². The van der Waals surface area contributed by atoms with Gasteiger partial charge in [0.05, 0.1) is 6.61 Å². The van der Waals surface area contributed by atoms with Gasteiger partial charge in [0, 0.05) is 6.54 Å². The van der Waals surface area contributed by atoms with Crippen LogP contribution >= 0.6 is 0 Å². The number of rotatable bonds is 2. The molecule has 2 heterocycles. The van der Waals surface area contributed by atoms with Crippen molar-refractivity contribution in [3.8, 4) is 0 Å². The van der Waals surface area contributed by atoms with Crippen LogP contribution in [0.4, 0.5) is 0 Å². The summed E-state index contributed by atoms with van der Waals surface area (Å²) < 4.78 is 10.2. The Kier molecular flexibility index (Phi) is 2.77. The largest absolute Gasteiger partial charge is 0.420 e. The van der Waals surface area contributed by atoms with Crippen LogP contribution in [0.3, 0.4) is 0 Å². The van der Waals surface area contributed by atoms with Gasteiger partial charge in [0.25, 0.3) is 6.41 Å². The Morgan fingerprint density at radius 2 is 2.31 bits per heavy atom. The van der Waals surface area contributed by atoms with Crippen LogP contribution in [0.2, 0.25) is 0 Å². The number of esters is 1. The number of carbonyl (C=O) groups is 1. The van der Waals surface area contributed by atoms with Gasteiger partial charge in [-0.15, -0.1) is 0 Å². The van der Waals surface area contributed by atoms with Crippen molar-refractivity contribution in [1.29, 1.82) is 0 Å². The predicted octanol–water partition coefficient (Wildman–Crippen LogP) is -0.815. The van der Waals surface area contributed by atoms with Crippen LogP contribution < -0.4 is 10.6 Å². The smallest absolute Gasteiger partial charge is 0.326 e. The van der Waals surface area contributed by atoms with Gasteiger partial charge in [-0.3, -0.25) is 10.1 Å². The van der Waals surface area contributed by atoms with Crippen molar-refractivity contribution in [2.45, 2.75) is 25.3 Å². The monoisotopic (exact) mass is 186 g/mol. The van der Waals surface area contributed by atoms with Crippen LogP contribution in [0, 0.1) is 0 Å². The van der Waals surface area contributed by atoms with E-state index in [-0.39, 0.29) is 12.0 Å². The van der Waals surface area contributed by atoms with E-state index in [1.165, 1.54) is 0 Å². The molecule has 0 radical (unpaired) electrons. The quantitative estimate of drug-likeness (QED) is 0.552. The summed E-state index contributed by atoms with van der Waals surface area (Å²) >= 11 is 0. The molecule has 2 aliphatic rings. The molecule has 0 aromatic heterocycles. The molecule has 5 nitrogen and oxygen atoms in total. The SMILES string of the molecule is O=C(OC1NCCO1)[C@@H]1CCCN1. The first kappa shape index (κ1) is 8.93. The van der Waals surface area contributed by atoms with Gasteiger partial charge in [0.15, 0.2) is 0 Å². The molecule has 0 spiro atoms. The fraction of sp³-hybridized carbons (Fsp3) is 0.875. The summed E-state index contributed by atoms with van der Waals surface area (Å²) in [5, 5.41) is 5.99. The molecule has 0 saturated carbocycles. The third-order valence-corrected chi connectivity index (χ3v) is 2.25. The molecule has 2 aliphatic heterocycles. The maximum Gasteiger partial charge on any atom is 0.326 e. The van der Waals surface area contributed by atoms with Crippen LogP contribution in [0.15, 0.2) is 0 Å². The molecule has 13 heavy (non-hydrogen) atoms. The molecular weight excluding hydrogens is 172 g/mol. The molecule has 2 atom stereocenters. The molecule has 2 saturated heterocycles. The first-order valence-electron chi connectivity index (χ1n) is 4.65. The second-order valence-corrected chi connectivity index (χ2v) is 3.24. The summed E-state index contributed by atoms with van der Waals surface area (Å²) in [7, 11) is 0. The van der Waals surface area contributed by atoms with Gasteiger partial charge in [-0.25, -0.2) is 0 Å². The van der Waals surface area contributed by atoms with Crippen molar-refractivity contribution in [1.82, 2.24) is 10.6 Å². The number of hydrogen-bond acceptors (Lipinski definition) is 5. The number of nitrogens with one attached hydrogen (secondary N) is 2. The Balaban J connectivity index is 1.76. The molecule has 2 rings (SSSR count). The number of ether oxygens (including phenoxy) is 2. The minimum Gasteiger partial charge on any atom is -0.420 e. The molecule has 0 bridgehead atoms. The van der Waals surface area contributed by atoms with Gasteiger partial charge in [-0.1, -0.05) is 0 Å². The Labute approximate surface area is 76.8 Å². The molecule has 0 aromatic carbocycles. The zero-order valence-corrected chi connectivity index (χ0v) is 7.41. The van der Waals surface area contributed by atoms with E-state index in [1.54, 1.807) is 0 Å². The Morgan fingerprint density at radius 3 is 2.92 bits per heavy atom. The molecule has 0 aromatic rings.